The van der Waals surface area contributed by atoms with Crippen LogP contribution in [0.15, 0.2) is 18.2 Å². The maximum atomic E-state index is 11.5. The smallest absolute Gasteiger partial charge is 0.339 e. The highest BCUT2D eigenvalue weighted by Gasteiger charge is 2.33. The molecule has 1 aromatic rings. The Morgan fingerprint density at radius 2 is 2.14 bits per heavy atom. The topological polar surface area (TPSA) is 46.5 Å². The maximum Gasteiger partial charge on any atom is 0.339 e. The number of cyclic esters (lactones) is 1. The molecule has 0 aromatic heterocycles. The molecule has 0 spiro atoms. The molecule has 0 fully saturated rings. The number of phenolic OH excluding ortho intramolecular Hbond substituents is 1. The molecule has 14 heavy (non-hydrogen) atoms. The van der Waals surface area contributed by atoms with E-state index in [1.165, 1.54) is 0 Å². The Morgan fingerprint density at radius 1 is 1.43 bits per heavy atom. The van der Waals surface area contributed by atoms with Crippen LogP contribution in [0.1, 0.15) is 29.8 Å². The van der Waals surface area contributed by atoms with Crippen molar-refractivity contribution in [3.05, 3.63) is 29.3 Å². The zero-order chi connectivity index (χ0) is 10.3. The van der Waals surface area contributed by atoms with Crippen molar-refractivity contribution in [3.8, 4) is 5.75 Å². The standard InChI is InChI=1S/C11H12O3/c1-11(2)6-8-7(10(13)14-11)4-3-5-9(8)12/h3-5,12H,6H2,1-2H3. The number of carbonyl (C=O) groups is 1. The van der Waals surface area contributed by atoms with Gasteiger partial charge in [-0.3, -0.25) is 0 Å². The molecule has 0 aliphatic carbocycles. The monoisotopic (exact) mass is 192 g/mol. The van der Waals surface area contributed by atoms with Crippen LogP contribution in [0.3, 0.4) is 0 Å². The van der Waals surface area contributed by atoms with Crippen LogP contribution >= 0.6 is 0 Å². The number of hydrogen-bond acceptors (Lipinski definition) is 3. The molecule has 1 aliphatic rings. The first-order valence-corrected chi connectivity index (χ1v) is 4.54. The van der Waals surface area contributed by atoms with Gasteiger partial charge in [0.1, 0.15) is 11.4 Å². The summed E-state index contributed by atoms with van der Waals surface area (Å²) in [6.45, 7) is 3.67. The molecule has 0 radical (unpaired) electrons. The lowest BCUT2D eigenvalue weighted by Gasteiger charge is -2.31. The highest BCUT2D eigenvalue weighted by Crippen LogP contribution is 2.32. The molecule has 3 nitrogen and oxygen atoms in total. The molecule has 1 N–H and O–H groups in total. The van der Waals surface area contributed by atoms with E-state index in [1.807, 2.05) is 13.8 Å². The molecule has 1 aromatic carbocycles. The van der Waals surface area contributed by atoms with E-state index in [4.69, 9.17) is 4.74 Å². The minimum absolute atomic E-state index is 0.173. The molecule has 0 atom stereocenters. The Hall–Kier alpha value is -1.51. The quantitative estimate of drug-likeness (QED) is 0.638. The summed E-state index contributed by atoms with van der Waals surface area (Å²) in [5.41, 5.74) is 0.640. The summed E-state index contributed by atoms with van der Waals surface area (Å²) in [5, 5.41) is 9.60. The summed E-state index contributed by atoms with van der Waals surface area (Å²) < 4.78 is 5.21. The number of hydrogen-bond donors (Lipinski definition) is 1. The lowest BCUT2D eigenvalue weighted by atomic mass is 9.91. The fourth-order valence-corrected chi connectivity index (χ4v) is 1.72. The zero-order valence-electron chi connectivity index (χ0n) is 8.20. The van der Waals surface area contributed by atoms with Gasteiger partial charge in [0.05, 0.1) is 5.56 Å². The third kappa shape index (κ3) is 1.35. The maximum absolute atomic E-state index is 11.5. The summed E-state index contributed by atoms with van der Waals surface area (Å²) >= 11 is 0. The molecule has 74 valence electrons. The molecular formula is C11H12O3. The second-order valence-corrected chi connectivity index (χ2v) is 4.13. The van der Waals surface area contributed by atoms with E-state index in [9.17, 15) is 9.90 Å². The third-order valence-corrected chi connectivity index (χ3v) is 2.34. The third-order valence-electron chi connectivity index (χ3n) is 2.34. The SMILES string of the molecule is CC1(C)Cc2c(O)cccc2C(=O)O1. The lowest BCUT2D eigenvalue weighted by molar-refractivity contribution is -0.00688. The first kappa shape index (κ1) is 9.06. The number of ether oxygens (including phenoxy) is 1. The van der Waals surface area contributed by atoms with Crippen molar-refractivity contribution >= 4 is 5.97 Å². The summed E-state index contributed by atoms with van der Waals surface area (Å²) in [7, 11) is 0. The van der Waals surface area contributed by atoms with Crippen LogP contribution in [0.4, 0.5) is 0 Å². The van der Waals surface area contributed by atoms with Crippen molar-refractivity contribution in [1.82, 2.24) is 0 Å². The minimum Gasteiger partial charge on any atom is -0.508 e. The minimum atomic E-state index is -0.525. The molecule has 1 aliphatic heterocycles. The number of benzene rings is 1. The van der Waals surface area contributed by atoms with Crippen LogP contribution in [-0.2, 0) is 11.2 Å². The van der Waals surface area contributed by atoms with Gasteiger partial charge in [0.25, 0.3) is 0 Å². The van der Waals surface area contributed by atoms with Crippen LogP contribution in [0.2, 0.25) is 0 Å². The van der Waals surface area contributed by atoms with Crippen molar-refractivity contribution in [2.45, 2.75) is 25.9 Å². The van der Waals surface area contributed by atoms with Crippen LogP contribution in [0.5, 0.6) is 5.75 Å². The number of aromatic hydroxyl groups is 1. The van der Waals surface area contributed by atoms with Gasteiger partial charge in [0.15, 0.2) is 0 Å². The van der Waals surface area contributed by atoms with Crippen molar-refractivity contribution in [2.75, 3.05) is 0 Å². The van der Waals surface area contributed by atoms with Crippen LogP contribution in [0, 0.1) is 0 Å². The van der Waals surface area contributed by atoms with Crippen molar-refractivity contribution in [1.29, 1.82) is 0 Å². The van der Waals surface area contributed by atoms with Crippen molar-refractivity contribution in [3.63, 3.8) is 0 Å². The molecule has 1 heterocycles. The van der Waals surface area contributed by atoms with E-state index in [2.05, 4.69) is 0 Å². The summed E-state index contributed by atoms with van der Waals surface area (Å²) in [6, 6.07) is 4.91. The number of rotatable bonds is 0. The number of fused-ring (bicyclic) bond motifs is 1. The highest BCUT2D eigenvalue weighted by atomic mass is 16.6. The first-order chi connectivity index (χ1) is 6.49. The molecule has 0 saturated carbocycles. The van der Waals surface area contributed by atoms with E-state index in [-0.39, 0.29) is 11.7 Å². The molecule has 2 rings (SSSR count). The Balaban J connectivity index is 2.56. The van der Waals surface area contributed by atoms with Gasteiger partial charge in [0.2, 0.25) is 0 Å². The van der Waals surface area contributed by atoms with Crippen molar-refractivity contribution < 1.29 is 14.6 Å². The second-order valence-electron chi connectivity index (χ2n) is 4.13. The number of esters is 1. The Bertz CT molecular complexity index is 394. The molecule has 0 unspecified atom stereocenters. The van der Waals surface area contributed by atoms with Gasteiger partial charge in [-0.05, 0) is 26.0 Å². The predicted molar refractivity (Wildman–Crippen MR) is 51.3 cm³/mol. The average Bonchev–Trinajstić information content (AvgIpc) is 2.05. The molecule has 3 heteroatoms. The van der Waals surface area contributed by atoms with E-state index in [1.54, 1.807) is 18.2 Å². The van der Waals surface area contributed by atoms with Gasteiger partial charge >= 0.3 is 5.97 Å². The summed E-state index contributed by atoms with van der Waals surface area (Å²) in [4.78, 5) is 11.5. The number of carbonyl (C=O) groups excluding carboxylic acids is 1. The largest absolute Gasteiger partial charge is 0.508 e. The summed E-state index contributed by atoms with van der Waals surface area (Å²) in [5.74, 6) is -0.181. The number of phenols is 1. The van der Waals surface area contributed by atoms with Gasteiger partial charge in [-0.2, -0.15) is 0 Å². The van der Waals surface area contributed by atoms with E-state index >= 15 is 0 Å². The Morgan fingerprint density at radius 3 is 2.86 bits per heavy atom. The predicted octanol–water partition coefficient (Wildman–Crippen LogP) is 1.88. The van der Waals surface area contributed by atoms with Crippen LogP contribution in [-0.4, -0.2) is 16.7 Å². The van der Waals surface area contributed by atoms with E-state index in [0.717, 1.165) is 0 Å². The molecular weight excluding hydrogens is 180 g/mol. The molecule has 0 saturated heterocycles. The molecule has 0 bridgehead atoms. The second kappa shape index (κ2) is 2.74. The van der Waals surface area contributed by atoms with E-state index < -0.39 is 5.60 Å². The Labute approximate surface area is 82.3 Å². The summed E-state index contributed by atoms with van der Waals surface area (Å²) in [6.07, 6.45) is 0.556. The average molecular weight is 192 g/mol. The normalized spacial score (nSPS) is 18.6. The van der Waals surface area contributed by atoms with Crippen LogP contribution in [0.25, 0.3) is 0 Å². The fraction of sp³-hybridized carbons (Fsp3) is 0.364. The van der Waals surface area contributed by atoms with Gasteiger partial charge in [-0.15, -0.1) is 0 Å². The Kier molecular flexibility index (Phi) is 1.77. The molecule has 0 amide bonds. The highest BCUT2D eigenvalue weighted by molar-refractivity contribution is 5.93. The van der Waals surface area contributed by atoms with Gasteiger partial charge in [0, 0.05) is 12.0 Å². The van der Waals surface area contributed by atoms with Gasteiger partial charge < -0.3 is 9.84 Å². The fourth-order valence-electron chi connectivity index (χ4n) is 1.72. The van der Waals surface area contributed by atoms with E-state index in [0.29, 0.717) is 17.5 Å². The van der Waals surface area contributed by atoms with Crippen molar-refractivity contribution in [2.24, 2.45) is 0 Å². The van der Waals surface area contributed by atoms with Gasteiger partial charge in [-0.1, -0.05) is 6.07 Å². The van der Waals surface area contributed by atoms with Gasteiger partial charge in [-0.25, -0.2) is 4.79 Å². The first-order valence-electron chi connectivity index (χ1n) is 4.54. The lowest BCUT2D eigenvalue weighted by Crippen LogP contribution is -2.35. The zero-order valence-corrected chi connectivity index (χ0v) is 8.20. The van der Waals surface area contributed by atoms with Crippen LogP contribution < -0.4 is 0 Å².